The van der Waals surface area contributed by atoms with Gasteiger partial charge in [0.1, 0.15) is 0 Å². The van der Waals surface area contributed by atoms with Crippen LogP contribution in [0, 0.1) is 5.41 Å². The molecule has 0 amide bonds. The number of hydrogen-bond donors (Lipinski definition) is 1. The van der Waals surface area contributed by atoms with Gasteiger partial charge in [0.25, 0.3) is 0 Å². The molecule has 3 unspecified atom stereocenters. The summed E-state index contributed by atoms with van der Waals surface area (Å²) in [5, 5.41) is 0. The number of hydrogen-bond acceptors (Lipinski definition) is 3. The highest BCUT2D eigenvalue weighted by atomic mass is 16.6. The van der Waals surface area contributed by atoms with Crippen molar-refractivity contribution in [2.24, 2.45) is 11.1 Å². The molecule has 3 rings (SSSR count). The fourth-order valence-corrected chi connectivity index (χ4v) is 3.55. The van der Waals surface area contributed by atoms with E-state index in [1.807, 2.05) is 0 Å². The highest BCUT2D eigenvalue weighted by molar-refractivity contribution is 5.08. The third-order valence-corrected chi connectivity index (χ3v) is 4.63. The van der Waals surface area contributed by atoms with Crippen LogP contribution >= 0.6 is 0 Å². The summed E-state index contributed by atoms with van der Waals surface area (Å²) in [6, 6.07) is 0.396. The summed E-state index contributed by atoms with van der Waals surface area (Å²) in [6.07, 6.45) is 8.17. The Hall–Kier alpha value is -0.120. The van der Waals surface area contributed by atoms with Gasteiger partial charge in [-0.25, -0.2) is 0 Å². The second kappa shape index (κ2) is 3.72. The zero-order valence-corrected chi connectivity index (χ0v) is 9.28. The van der Waals surface area contributed by atoms with E-state index in [1.165, 1.54) is 25.7 Å². The molecule has 3 fully saturated rings. The topological polar surface area (TPSA) is 44.5 Å². The SMILES string of the molecule is NC1CC(OC2CCOC2)C12CCCC2. The minimum Gasteiger partial charge on any atom is -0.379 e. The van der Waals surface area contributed by atoms with Gasteiger partial charge in [-0.05, 0) is 25.7 Å². The van der Waals surface area contributed by atoms with Crippen molar-refractivity contribution in [1.29, 1.82) is 0 Å². The van der Waals surface area contributed by atoms with Crippen LogP contribution in [0.5, 0.6) is 0 Å². The van der Waals surface area contributed by atoms with Gasteiger partial charge >= 0.3 is 0 Å². The molecule has 3 nitrogen and oxygen atoms in total. The van der Waals surface area contributed by atoms with Gasteiger partial charge in [0.05, 0.1) is 18.8 Å². The van der Waals surface area contributed by atoms with Gasteiger partial charge in [0.15, 0.2) is 0 Å². The first kappa shape index (κ1) is 10.1. The van der Waals surface area contributed by atoms with Crippen LogP contribution in [0.4, 0.5) is 0 Å². The quantitative estimate of drug-likeness (QED) is 0.752. The molecule has 2 N–H and O–H groups in total. The maximum Gasteiger partial charge on any atom is 0.0834 e. The van der Waals surface area contributed by atoms with Gasteiger partial charge in [-0.1, -0.05) is 12.8 Å². The van der Waals surface area contributed by atoms with Gasteiger partial charge in [0, 0.05) is 18.1 Å². The van der Waals surface area contributed by atoms with Crippen LogP contribution in [-0.4, -0.2) is 31.5 Å². The molecule has 2 saturated carbocycles. The zero-order chi connectivity index (χ0) is 10.3. The third-order valence-electron chi connectivity index (χ3n) is 4.63. The van der Waals surface area contributed by atoms with E-state index in [0.717, 1.165) is 26.1 Å². The van der Waals surface area contributed by atoms with Crippen LogP contribution in [0.3, 0.4) is 0 Å². The molecule has 0 bridgehead atoms. The van der Waals surface area contributed by atoms with Crippen molar-refractivity contribution in [3.05, 3.63) is 0 Å². The van der Waals surface area contributed by atoms with Crippen molar-refractivity contribution in [3.8, 4) is 0 Å². The molecule has 3 aliphatic rings. The zero-order valence-electron chi connectivity index (χ0n) is 9.28. The Labute approximate surface area is 91.3 Å². The fourth-order valence-electron chi connectivity index (χ4n) is 3.55. The van der Waals surface area contributed by atoms with Crippen LogP contribution in [0.2, 0.25) is 0 Å². The molecule has 0 aromatic heterocycles. The lowest BCUT2D eigenvalue weighted by molar-refractivity contribution is -0.151. The predicted molar refractivity (Wildman–Crippen MR) is 57.6 cm³/mol. The summed E-state index contributed by atoms with van der Waals surface area (Å²) in [5.74, 6) is 0. The molecular formula is C12H21NO2. The monoisotopic (exact) mass is 211 g/mol. The second-order valence-electron chi connectivity index (χ2n) is 5.39. The standard InChI is InChI=1S/C12H21NO2/c13-10-7-11(12(10)4-1-2-5-12)15-9-3-6-14-8-9/h9-11H,1-8,13H2. The van der Waals surface area contributed by atoms with Crippen LogP contribution in [0.25, 0.3) is 0 Å². The van der Waals surface area contributed by atoms with E-state index in [2.05, 4.69) is 0 Å². The molecule has 15 heavy (non-hydrogen) atoms. The summed E-state index contributed by atoms with van der Waals surface area (Å²) in [7, 11) is 0. The highest BCUT2D eigenvalue weighted by Crippen LogP contribution is 2.54. The summed E-state index contributed by atoms with van der Waals surface area (Å²) in [4.78, 5) is 0. The van der Waals surface area contributed by atoms with Crippen LogP contribution < -0.4 is 5.73 Å². The van der Waals surface area contributed by atoms with E-state index in [0.29, 0.717) is 23.7 Å². The molecule has 2 aliphatic carbocycles. The molecular weight excluding hydrogens is 190 g/mol. The van der Waals surface area contributed by atoms with Crippen LogP contribution in [0.15, 0.2) is 0 Å². The Morgan fingerprint density at radius 3 is 2.67 bits per heavy atom. The first-order valence-electron chi connectivity index (χ1n) is 6.30. The summed E-state index contributed by atoms with van der Waals surface area (Å²) in [6.45, 7) is 1.66. The van der Waals surface area contributed by atoms with Gasteiger partial charge in [0.2, 0.25) is 0 Å². The number of ether oxygens (including phenoxy) is 2. The Morgan fingerprint density at radius 2 is 2.07 bits per heavy atom. The van der Waals surface area contributed by atoms with Crippen molar-refractivity contribution in [2.75, 3.05) is 13.2 Å². The minimum atomic E-state index is 0.347. The maximum atomic E-state index is 6.17. The number of rotatable bonds is 2. The maximum absolute atomic E-state index is 6.17. The first-order valence-corrected chi connectivity index (χ1v) is 6.30. The van der Waals surface area contributed by atoms with E-state index >= 15 is 0 Å². The van der Waals surface area contributed by atoms with Gasteiger partial charge in [-0.2, -0.15) is 0 Å². The fraction of sp³-hybridized carbons (Fsp3) is 1.00. The Kier molecular flexibility index (Phi) is 2.49. The minimum absolute atomic E-state index is 0.347. The third kappa shape index (κ3) is 1.52. The lowest BCUT2D eigenvalue weighted by Gasteiger charge is -2.53. The molecule has 86 valence electrons. The summed E-state index contributed by atoms with van der Waals surface area (Å²) >= 11 is 0. The normalized spacial score (nSPS) is 43.4. The average Bonchev–Trinajstić information content (AvgIpc) is 2.89. The molecule has 1 heterocycles. The molecule has 3 heteroatoms. The predicted octanol–water partition coefficient (Wildman–Crippen LogP) is 1.45. The van der Waals surface area contributed by atoms with Crippen molar-refractivity contribution in [3.63, 3.8) is 0 Å². The molecule has 0 aromatic carbocycles. The van der Waals surface area contributed by atoms with E-state index in [-0.39, 0.29) is 0 Å². The lowest BCUT2D eigenvalue weighted by atomic mass is 9.61. The second-order valence-corrected chi connectivity index (χ2v) is 5.39. The lowest BCUT2D eigenvalue weighted by Crippen LogP contribution is -2.61. The van der Waals surface area contributed by atoms with Gasteiger partial charge in [-0.15, -0.1) is 0 Å². The average molecular weight is 211 g/mol. The van der Waals surface area contributed by atoms with E-state index in [1.54, 1.807) is 0 Å². The van der Waals surface area contributed by atoms with Crippen molar-refractivity contribution >= 4 is 0 Å². The van der Waals surface area contributed by atoms with Crippen molar-refractivity contribution in [2.45, 2.75) is 56.8 Å². The Balaban J connectivity index is 1.62. The molecule has 3 atom stereocenters. The Morgan fingerprint density at radius 1 is 1.27 bits per heavy atom. The van der Waals surface area contributed by atoms with E-state index in [9.17, 15) is 0 Å². The van der Waals surface area contributed by atoms with Crippen molar-refractivity contribution in [1.82, 2.24) is 0 Å². The van der Waals surface area contributed by atoms with Crippen molar-refractivity contribution < 1.29 is 9.47 Å². The first-order chi connectivity index (χ1) is 7.31. The molecule has 1 saturated heterocycles. The summed E-state index contributed by atoms with van der Waals surface area (Å²) < 4.78 is 11.5. The largest absolute Gasteiger partial charge is 0.379 e. The molecule has 1 spiro atoms. The molecule has 1 aliphatic heterocycles. The molecule has 0 aromatic rings. The van der Waals surface area contributed by atoms with Crippen LogP contribution in [0.1, 0.15) is 38.5 Å². The van der Waals surface area contributed by atoms with Gasteiger partial charge < -0.3 is 15.2 Å². The van der Waals surface area contributed by atoms with Crippen LogP contribution in [-0.2, 0) is 9.47 Å². The smallest absolute Gasteiger partial charge is 0.0834 e. The van der Waals surface area contributed by atoms with E-state index < -0.39 is 0 Å². The number of nitrogens with two attached hydrogens (primary N) is 1. The Bertz CT molecular complexity index is 232. The summed E-state index contributed by atoms with van der Waals surface area (Å²) in [5.41, 5.74) is 6.52. The van der Waals surface area contributed by atoms with E-state index in [4.69, 9.17) is 15.2 Å². The van der Waals surface area contributed by atoms with Gasteiger partial charge in [-0.3, -0.25) is 0 Å². The highest BCUT2D eigenvalue weighted by Gasteiger charge is 2.55. The molecule has 0 radical (unpaired) electrons.